The van der Waals surface area contributed by atoms with Crippen LogP contribution in [0.25, 0.3) is 0 Å². The van der Waals surface area contributed by atoms with Crippen molar-refractivity contribution in [3.8, 4) is 0 Å². The van der Waals surface area contributed by atoms with E-state index in [9.17, 15) is 0 Å². The molecule has 1 aliphatic carbocycles. The van der Waals surface area contributed by atoms with Gasteiger partial charge in [-0.05, 0) is 0 Å². The predicted molar refractivity (Wildman–Crippen MR) is 48.2 cm³/mol. The van der Waals surface area contributed by atoms with Gasteiger partial charge in [0.1, 0.15) is 0 Å². The zero-order valence-electron chi connectivity index (χ0n) is 6.89. The van der Waals surface area contributed by atoms with Gasteiger partial charge in [0, 0.05) is 0 Å². The average Bonchev–Trinajstić information content (AvgIpc) is 2.64. The second kappa shape index (κ2) is 8.55. The summed E-state index contributed by atoms with van der Waals surface area (Å²) < 4.78 is 0. The molecule has 0 unspecified atom stereocenters. The van der Waals surface area contributed by atoms with Crippen LogP contribution >= 0.6 is 0 Å². The largest absolute Gasteiger partial charge is 2.00 e. The molecule has 0 saturated heterocycles. The number of allylic oxidation sites excluding steroid dienone is 4. The summed E-state index contributed by atoms with van der Waals surface area (Å²) in [5, 5.41) is 0. The fourth-order valence-electron chi connectivity index (χ4n) is 0.803. The van der Waals surface area contributed by atoms with E-state index in [0.29, 0.717) is 0 Å². The Hall–Kier alpha value is -0.547. The molecule has 0 amide bonds. The normalized spacial score (nSPS) is 12.7. The van der Waals surface area contributed by atoms with Crippen molar-refractivity contribution < 1.29 is 19.5 Å². The minimum atomic E-state index is 0. The van der Waals surface area contributed by atoms with Gasteiger partial charge in [0.05, 0.1) is 0 Å². The van der Waals surface area contributed by atoms with Crippen LogP contribution in [0.5, 0.6) is 0 Å². The van der Waals surface area contributed by atoms with Crippen LogP contribution < -0.4 is 0 Å². The zero-order valence-corrected chi connectivity index (χ0v) is 8.62. The van der Waals surface area contributed by atoms with Gasteiger partial charge in [-0.3, -0.25) is 6.08 Å². The monoisotopic (exact) mass is 246 g/mol. The molecular formula is C11H12Ru. The molecule has 0 bridgehead atoms. The van der Waals surface area contributed by atoms with E-state index in [2.05, 4.69) is 12.2 Å². The zero-order chi connectivity index (χ0) is 7.78. The summed E-state index contributed by atoms with van der Waals surface area (Å²) in [6.45, 7) is 0. The maximum atomic E-state index is 3.07. The summed E-state index contributed by atoms with van der Waals surface area (Å²) in [7, 11) is 0. The molecule has 64 valence electrons. The molecule has 0 heterocycles. The van der Waals surface area contributed by atoms with E-state index in [4.69, 9.17) is 0 Å². The Bertz CT molecular complexity index is 178. The topological polar surface area (TPSA) is 0 Å². The molecule has 0 aromatic heterocycles. The average molecular weight is 245 g/mol. The van der Waals surface area contributed by atoms with E-state index in [-0.39, 0.29) is 19.5 Å². The first kappa shape index (κ1) is 11.5. The molecule has 1 aromatic rings. The maximum absolute atomic E-state index is 3.07. The molecule has 0 radical (unpaired) electrons. The molecule has 1 aromatic carbocycles. The molecule has 1 aliphatic rings. The first-order valence-corrected chi connectivity index (χ1v) is 3.88. The van der Waals surface area contributed by atoms with Crippen molar-refractivity contribution in [2.24, 2.45) is 0 Å². The van der Waals surface area contributed by atoms with Gasteiger partial charge >= 0.3 is 19.5 Å². The van der Waals surface area contributed by atoms with E-state index in [1.54, 1.807) is 0 Å². The van der Waals surface area contributed by atoms with Crippen LogP contribution in [0.1, 0.15) is 12.8 Å². The van der Waals surface area contributed by atoms with Crippen LogP contribution in [-0.4, -0.2) is 0 Å². The molecule has 0 aliphatic heterocycles. The summed E-state index contributed by atoms with van der Waals surface area (Å²) in [6.07, 6.45) is 11.5. The van der Waals surface area contributed by atoms with E-state index >= 15 is 0 Å². The van der Waals surface area contributed by atoms with Gasteiger partial charge in [0.2, 0.25) is 0 Å². The molecule has 12 heavy (non-hydrogen) atoms. The molecule has 1 heteroatoms. The van der Waals surface area contributed by atoms with E-state index in [1.165, 1.54) is 6.42 Å². The van der Waals surface area contributed by atoms with Crippen molar-refractivity contribution in [2.75, 3.05) is 0 Å². The van der Waals surface area contributed by atoms with Crippen molar-refractivity contribution in [3.63, 3.8) is 0 Å². The second-order valence-corrected chi connectivity index (χ2v) is 2.30. The first-order valence-electron chi connectivity index (χ1n) is 3.88. The molecule has 0 spiro atoms. The van der Waals surface area contributed by atoms with Crippen molar-refractivity contribution in [2.45, 2.75) is 12.8 Å². The fourth-order valence-corrected chi connectivity index (χ4v) is 0.803. The van der Waals surface area contributed by atoms with E-state index in [1.807, 2.05) is 42.5 Å². The van der Waals surface area contributed by atoms with Gasteiger partial charge in [-0.1, -0.05) is 6.42 Å². The Labute approximate surface area is 87.1 Å². The van der Waals surface area contributed by atoms with Gasteiger partial charge < -0.3 is 0 Å². The SMILES string of the molecule is [C-]1=CC=CCC1.[Ru+2].c1cc[cH-]c1. The summed E-state index contributed by atoms with van der Waals surface area (Å²) >= 11 is 0. The molecule has 0 N–H and O–H groups in total. The molecule has 0 fully saturated rings. The third-order valence-corrected chi connectivity index (χ3v) is 1.36. The van der Waals surface area contributed by atoms with Crippen LogP contribution in [-0.2, 0) is 19.5 Å². The quantitative estimate of drug-likeness (QED) is 0.486. The summed E-state index contributed by atoms with van der Waals surface area (Å²) in [4.78, 5) is 0. The van der Waals surface area contributed by atoms with Crippen LogP contribution in [0.3, 0.4) is 0 Å². The van der Waals surface area contributed by atoms with Gasteiger partial charge in [-0.15, -0.1) is 6.42 Å². The molecule has 2 rings (SSSR count). The summed E-state index contributed by atoms with van der Waals surface area (Å²) in [6, 6.07) is 10.0. The smallest absolute Gasteiger partial charge is 0.275 e. The second-order valence-electron chi connectivity index (χ2n) is 2.30. The number of hydrogen-bond donors (Lipinski definition) is 0. The molecule has 0 atom stereocenters. The standard InChI is InChI=1S/C6H7.C5H5.Ru/c1-2-4-6-5-3-1;1-2-4-5-3-1;/h1-3H,4,6H2;1-5H;/q2*-1;+2. The van der Waals surface area contributed by atoms with Gasteiger partial charge in [0.25, 0.3) is 0 Å². The summed E-state index contributed by atoms with van der Waals surface area (Å²) in [5.41, 5.74) is 0. The molecule has 0 nitrogen and oxygen atoms in total. The Balaban J connectivity index is 0.000000189. The van der Waals surface area contributed by atoms with Gasteiger partial charge in [0.15, 0.2) is 0 Å². The minimum absolute atomic E-state index is 0. The first-order chi connectivity index (χ1) is 5.50. The predicted octanol–water partition coefficient (Wildman–Crippen LogP) is 3.10. The molecule has 0 saturated carbocycles. The van der Waals surface area contributed by atoms with Crippen molar-refractivity contribution in [1.29, 1.82) is 0 Å². The van der Waals surface area contributed by atoms with Crippen LogP contribution in [0, 0.1) is 6.08 Å². The summed E-state index contributed by atoms with van der Waals surface area (Å²) in [5.74, 6) is 0. The minimum Gasteiger partial charge on any atom is -0.275 e. The third-order valence-electron chi connectivity index (χ3n) is 1.36. The number of rotatable bonds is 0. The fraction of sp³-hybridized carbons (Fsp3) is 0.182. The van der Waals surface area contributed by atoms with Crippen LogP contribution in [0.4, 0.5) is 0 Å². The maximum Gasteiger partial charge on any atom is 2.00 e. The molecular weight excluding hydrogens is 233 g/mol. The van der Waals surface area contributed by atoms with Crippen LogP contribution in [0.2, 0.25) is 0 Å². The van der Waals surface area contributed by atoms with E-state index in [0.717, 1.165) is 6.42 Å². The third kappa shape index (κ3) is 6.18. The Kier molecular flexibility index (Phi) is 8.16. The Morgan fingerprint density at radius 2 is 1.92 bits per heavy atom. The number of hydrogen-bond acceptors (Lipinski definition) is 0. The van der Waals surface area contributed by atoms with Crippen LogP contribution in [0.15, 0.2) is 48.6 Å². The van der Waals surface area contributed by atoms with Crippen molar-refractivity contribution >= 4 is 0 Å². The van der Waals surface area contributed by atoms with E-state index < -0.39 is 0 Å². The Morgan fingerprint density at radius 1 is 1.17 bits per heavy atom. The van der Waals surface area contributed by atoms with Crippen molar-refractivity contribution in [3.05, 3.63) is 54.6 Å². The Morgan fingerprint density at radius 3 is 2.08 bits per heavy atom. The van der Waals surface area contributed by atoms with Gasteiger partial charge in [-0.2, -0.15) is 24.3 Å². The van der Waals surface area contributed by atoms with Gasteiger partial charge in [-0.25, -0.2) is 24.3 Å². The van der Waals surface area contributed by atoms with Crippen molar-refractivity contribution in [1.82, 2.24) is 0 Å².